The van der Waals surface area contributed by atoms with E-state index in [9.17, 15) is 12.8 Å². The third-order valence-electron chi connectivity index (χ3n) is 2.84. The molecule has 0 radical (unpaired) electrons. The highest BCUT2D eigenvalue weighted by Crippen LogP contribution is 2.18. The first kappa shape index (κ1) is 15.8. The zero-order chi connectivity index (χ0) is 15.5. The summed E-state index contributed by atoms with van der Waals surface area (Å²) in [6, 6.07) is 5.81. The van der Waals surface area contributed by atoms with Gasteiger partial charge in [0.2, 0.25) is 15.3 Å². The normalized spacial score (nSPS) is 11.8. The molecule has 0 spiro atoms. The summed E-state index contributed by atoms with van der Waals surface area (Å²) in [5.41, 5.74) is 0.565. The van der Waals surface area contributed by atoms with E-state index in [1.165, 1.54) is 22.5 Å². The number of halogens is 2. The van der Waals surface area contributed by atoms with Gasteiger partial charge >= 0.3 is 0 Å². The van der Waals surface area contributed by atoms with E-state index in [0.717, 1.165) is 12.4 Å². The first-order valence-corrected chi connectivity index (χ1v) is 7.97. The molecule has 8 heteroatoms. The van der Waals surface area contributed by atoms with E-state index in [0.29, 0.717) is 5.56 Å². The molecule has 2 aromatic rings. The van der Waals surface area contributed by atoms with Gasteiger partial charge in [0.15, 0.2) is 0 Å². The van der Waals surface area contributed by atoms with Crippen molar-refractivity contribution < 1.29 is 12.8 Å². The summed E-state index contributed by atoms with van der Waals surface area (Å²) in [6.45, 7) is 2.01. The van der Waals surface area contributed by atoms with E-state index in [2.05, 4.69) is 9.97 Å². The second-order valence-corrected chi connectivity index (χ2v) is 6.52. The molecule has 0 amide bonds. The lowest BCUT2D eigenvalue weighted by atomic mass is 10.2. The lowest BCUT2D eigenvalue weighted by Crippen LogP contribution is -2.30. The first-order chi connectivity index (χ1) is 9.93. The van der Waals surface area contributed by atoms with Crippen molar-refractivity contribution >= 4 is 21.6 Å². The maximum absolute atomic E-state index is 13.2. The molecular formula is C13H13ClFN3O2S. The fourth-order valence-electron chi connectivity index (χ4n) is 1.79. The number of rotatable bonds is 5. The van der Waals surface area contributed by atoms with E-state index >= 15 is 0 Å². The molecule has 0 aliphatic carbocycles. The minimum atomic E-state index is -3.75. The topological polar surface area (TPSA) is 63.2 Å². The Bertz CT molecular complexity index is 722. The Morgan fingerprint density at radius 1 is 1.29 bits per heavy atom. The van der Waals surface area contributed by atoms with Crippen molar-refractivity contribution in [2.24, 2.45) is 0 Å². The van der Waals surface area contributed by atoms with Gasteiger partial charge in [-0.2, -0.15) is 4.31 Å². The Kier molecular flexibility index (Phi) is 4.87. The predicted molar refractivity (Wildman–Crippen MR) is 76.7 cm³/mol. The average Bonchev–Trinajstić information content (AvgIpc) is 2.45. The SMILES string of the molecule is CCN(Cc1cccc(F)c1)S(=O)(=O)c1cnc(Cl)nc1. The van der Waals surface area contributed by atoms with Crippen molar-refractivity contribution in [3.63, 3.8) is 0 Å². The van der Waals surface area contributed by atoms with Crippen LogP contribution >= 0.6 is 11.6 Å². The zero-order valence-corrected chi connectivity index (χ0v) is 12.8. The number of sulfonamides is 1. The number of benzene rings is 1. The van der Waals surface area contributed by atoms with Crippen molar-refractivity contribution in [2.75, 3.05) is 6.54 Å². The average molecular weight is 330 g/mol. The Morgan fingerprint density at radius 3 is 2.52 bits per heavy atom. The van der Waals surface area contributed by atoms with Gasteiger partial charge in [0, 0.05) is 13.1 Å². The maximum Gasteiger partial charge on any atom is 0.246 e. The highest BCUT2D eigenvalue weighted by molar-refractivity contribution is 7.89. The van der Waals surface area contributed by atoms with Crippen LogP contribution in [0, 0.1) is 5.82 Å². The molecule has 21 heavy (non-hydrogen) atoms. The van der Waals surface area contributed by atoms with Crippen LogP contribution in [0.25, 0.3) is 0 Å². The molecule has 0 saturated heterocycles. The van der Waals surface area contributed by atoms with Crippen LogP contribution < -0.4 is 0 Å². The number of hydrogen-bond acceptors (Lipinski definition) is 4. The molecule has 2 rings (SSSR count). The molecule has 0 N–H and O–H groups in total. The van der Waals surface area contributed by atoms with Crippen LogP contribution in [0.3, 0.4) is 0 Å². The predicted octanol–water partition coefficient (Wildman–Crippen LogP) is 2.48. The standard InChI is InChI=1S/C13H13ClFN3O2S/c1-2-18(9-10-4-3-5-11(15)6-10)21(19,20)12-7-16-13(14)17-8-12/h3-8H,2,9H2,1H3. The summed E-state index contributed by atoms with van der Waals surface area (Å²) >= 11 is 5.55. The van der Waals surface area contributed by atoms with Crippen LogP contribution in [0.2, 0.25) is 5.28 Å². The Balaban J connectivity index is 2.29. The molecule has 112 valence electrons. The Hall–Kier alpha value is -1.57. The van der Waals surface area contributed by atoms with Crippen molar-refractivity contribution in [2.45, 2.75) is 18.4 Å². The molecule has 0 aliphatic heterocycles. The number of nitrogens with zero attached hydrogens (tertiary/aromatic N) is 3. The summed E-state index contributed by atoms with van der Waals surface area (Å²) in [6.07, 6.45) is 2.30. The second kappa shape index (κ2) is 6.46. The van der Waals surface area contributed by atoms with Crippen LogP contribution in [0.5, 0.6) is 0 Å². The van der Waals surface area contributed by atoms with Gasteiger partial charge in [0.05, 0.1) is 12.4 Å². The largest absolute Gasteiger partial charge is 0.246 e. The first-order valence-electron chi connectivity index (χ1n) is 6.15. The molecule has 0 unspecified atom stereocenters. The Morgan fingerprint density at radius 2 is 1.95 bits per heavy atom. The summed E-state index contributed by atoms with van der Waals surface area (Å²) < 4.78 is 39.3. The van der Waals surface area contributed by atoms with E-state index in [-0.39, 0.29) is 23.3 Å². The fourth-order valence-corrected chi connectivity index (χ4v) is 3.21. The van der Waals surface area contributed by atoms with Gasteiger partial charge in [-0.1, -0.05) is 19.1 Å². The van der Waals surface area contributed by atoms with Crippen molar-refractivity contribution in [1.82, 2.24) is 14.3 Å². The van der Waals surface area contributed by atoms with Crippen LogP contribution in [0.1, 0.15) is 12.5 Å². The number of aromatic nitrogens is 2. The summed E-state index contributed by atoms with van der Waals surface area (Å²) in [5.74, 6) is -0.407. The van der Waals surface area contributed by atoms with Gasteiger partial charge in [0.1, 0.15) is 10.7 Å². The van der Waals surface area contributed by atoms with Crippen molar-refractivity contribution in [1.29, 1.82) is 0 Å². The smallest absolute Gasteiger partial charge is 0.225 e. The van der Waals surface area contributed by atoms with Gasteiger partial charge in [-0.25, -0.2) is 22.8 Å². The molecule has 1 aromatic heterocycles. The lowest BCUT2D eigenvalue weighted by Gasteiger charge is -2.20. The van der Waals surface area contributed by atoms with Crippen LogP contribution in [0.15, 0.2) is 41.6 Å². The van der Waals surface area contributed by atoms with Gasteiger partial charge in [-0.05, 0) is 29.3 Å². The molecular weight excluding hydrogens is 317 g/mol. The maximum atomic E-state index is 13.2. The zero-order valence-electron chi connectivity index (χ0n) is 11.2. The van der Waals surface area contributed by atoms with E-state index in [4.69, 9.17) is 11.6 Å². The highest BCUT2D eigenvalue weighted by atomic mass is 35.5. The summed E-state index contributed by atoms with van der Waals surface area (Å²) in [7, 11) is -3.75. The second-order valence-electron chi connectivity index (χ2n) is 4.25. The van der Waals surface area contributed by atoms with Crippen LogP contribution in [0.4, 0.5) is 4.39 Å². The van der Waals surface area contributed by atoms with Gasteiger partial charge < -0.3 is 0 Å². The van der Waals surface area contributed by atoms with Gasteiger partial charge in [-0.15, -0.1) is 0 Å². The molecule has 5 nitrogen and oxygen atoms in total. The van der Waals surface area contributed by atoms with Gasteiger partial charge in [0.25, 0.3) is 0 Å². The van der Waals surface area contributed by atoms with Crippen molar-refractivity contribution in [3.05, 3.63) is 53.3 Å². The monoisotopic (exact) mass is 329 g/mol. The molecule has 0 aliphatic rings. The highest BCUT2D eigenvalue weighted by Gasteiger charge is 2.24. The molecule has 1 heterocycles. The third-order valence-corrected chi connectivity index (χ3v) is 4.90. The molecule has 0 atom stereocenters. The summed E-state index contributed by atoms with van der Waals surface area (Å²) in [5, 5.41) is -0.0258. The third kappa shape index (κ3) is 3.75. The van der Waals surface area contributed by atoms with Crippen LogP contribution in [-0.4, -0.2) is 29.2 Å². The summed E-state index contributed by atoms with van der Waals surface area (Å²) in [4.78, 5) is 7.29. The fraction of sp³-hybridized carbons (Fsp3) is 0.231. The minimum Gasteiger partial charge on any atom is -0.225 e. The molecule has 1 aromatic carbocycles. The van der Waals surface area contributed by atoms with Crippen LogP contribution in [-0.2, 0) is 16.6 Å². The van der Waals surface area contributed by atoms with E-state index in [1.54, 1.807) is 13.0 Å². The minimum absolute atomic E-state index is 0.0258. The molecule has 0 fully saturated rings. The Labute approximate surface area is 127 Å². The van der Waals surface area contributed by atoms with Gasteiger partial charge in [-0.3, -0.25) is 0 Å². The quantitative estimate of drug-likeness (QED) is 0.791. The van der Waals surface area contributed by atoms with E-state index < -0.39 is 15.8 Å². The number of hydrogen-bond donors (Lipinski definition) is 0. The van der Waals surface area contributed by atoms with E-state index in [1.807, 2.05) is 0 Å². The van der Waals surface area contributed by atoms with Crippen molar-refractivity contribution in [3.8, 4) is 0 Å². The molecule has 0 saturated carbocycles. The molecule has 0 bridgehead atoms. The lowest BCUT2D eigenvalue weighted by molar-refractivity contribution is 0.422.